The van der Waals surface area contributed by atoms with Crippen LogP contribution in [0.2, 0.25) is 0 Å². The van der Waals surface area contributed by atoms with Gasteiger partial charge in [-0.05, 0) is 170 Å². The Morgan fingerprint density at radius 2 is 0.506 bits per heavy atom. The number of hydrogen-bond acceptors (Lipinski definition) is 0. The van der Waals surface area contributed by atoms with E-state index in [0.717, 1.165) is 77.0 Å². The van der Waals surface area contributed by atoms with Gasteiger partial charge >= 0.3 is 0 Å². The monoisotopic (exact) mass is 1210 g/mol. The number of alkyl halides is 7. The second-order valence-electron chi connectivity index (χ2n) is 30.5. The summed E-state index contributed by atoms with van der Waals surface area (Å²) in [5.41, 5.74) is -7.32. The molecule has 0 N–H and O–H groups in total. The maximum atomic E-state index is 14.4. The zero-order valence-corrected chi connectivity index (χ0v) is 64.1. The van der Waals surface area contributed by atoms with Crippen LogP contribution in [0.3, 0.4) is 0 Å². The Morgan fingerprint density at radius 3 is 0.639 bits per heavy atom. The van der Waals surface area contributed by atoms with Gasteiger partial charge in [0, 0.05) is 10.8 Å². The minimum Gasteiger partial charge on any atom is -0.244 e. The molecule has 0 unspecified atom stereocenters. The Labute approximate surface area is 521 Å². The Hall–Kier alpha value is -0.490. The first-order valence-corrected chi connectivity index (χ1v) is 35.0. The van der Waals surface area contributed by atoms with Crippen LogP contribution in [0.25, 0.3) is 0 Å². The lowest BCUT2D eigenvalue weighted by atomic mass is 9.67. The average Bonchev–Trinajstić information content (AvgIpc) is 3.34. The lowest BCUT2D eigenvalue weighted by Crippen LogP contribution is -2.43. The minimum atomic E-state index is -1.05. The van der Waals surface area contributed by atoms with Crippen LogP contribution >= 0.6 is 0 Å². The fourth-order valence-corrected chi connectivity index (χ4v) is 13.4. The van der Waals surface area contributed by atoms with E-state index in [-0.39, 0.29) is 70.0 Å². The van der Waals surface area contributed by atoms with E-state index >= 15 is 0 Å². The van der Waals surface area contributed by atoms with Crippen molar-refractivity contribution in [3.8, 4) is 0 Å². The fraction of sp³-hybridized carbons (Fsp3) is 1.00. The molecule has 512 valence electrons. The second kappa shape index (κ2) is 44.1. The SMILES string of the molecule is CC(C)C(C(C)C)[C@@](C)(F)C(C)C.CC(C)C(C)(F)C(C)C.CCC(C)(CC)[C@@](C)(F)C(C)C.CCC(CC)C(C)(F)C(CC)CC.CCC(CC)[C@@](C)(F)C(C)C.CCC[C@](C)(F)C(C(C)C)C(C)C.CCC[C@](C)(F)C(C)(CC)CC. The van der Waals surface area contributed by atoms with Crippen LogP contribution < -0.4 is 0 Å². The molecule has 0 aromatic heterocycles. The number of hydrogen-bond donors (Lipinski definition) is 0. The molecular formula is C76H159F7. The number of rotatable bonds is 30. The fourth-order valence-electron chi connectivity index (χ4n) is 13.4. The molecule has 7 heteroatoms. The second-order valence-corrected chi connectivity index (χ2v) is 30.5. The van der Waals surface area contributed by atoms with E-state index < -0.39 is 39.7 Å². The Balaban J connectivity index is -0.000000163. The summed E-state index contributed by atoms with van der Waals surface area (Å²) in [7, 11) is 0. The van der Waals surface area contributed by atoms with Crippen molar-refractivity contribution in [2.75, 3.05) is 0 Å². The first kappa shape index (κ1) is 96.1. The number of halogens is 7. The van der Waals surface area contributed by atoms with Crippen LogP contribution in [0.1, 0.15) is 360 Å². The predicted octanol–water partition coefficient (Wildman–Crippen LogP) is 28.7. The van der Waals surface area contributed by atoms with Gasteiger partial charge in [-0.15, -0.1) is 0 Å². The van der Waals surface area contributed by atoms with Gasteiger partial charge in [0.1, 0.15) is 39.7 Å². The molecule has 5 atom stereocenters. The zero-order chi connectivity index (χ0) is 68.5. The summed E-state index contributed by atoms with van der Waals surface area (Å²) >= 11 is 0. The molecule has 0 aromatic rings. The third-order valence-electron chi connectivity index (χ3n) is 22.2. The average molecular weight is 1210 g/mol. The van der Waals surface area contributed by atoms with Crippen molar-refractivity contribution in [2.45, 2.75) is 400 Å². The van der Waals surface area contributed by atoms with Crippen LogP contribution in [0.4, 0.5) is 30.7 Å². The van der Waals surface area contributed by atoms with Crippen molar-refractivity contribution >= 4 is 0 Å². The van der Waals surface area contributed by atoms with E-state index in [0.29, 0.717) is 36.5 Å². The van der Waals surface area contributed by atoms with Crippen molar-refractivity contribution in [3.63, 3.8) is 0 Å². The van der Waals surface area contributed by atoms with Crippen LogP contribution in [0.15, 0.2) is 0 Å². The molecule has 0 bridgehead atoms. The highest BCUT2D eigenvalue weighted by atomic mass is 19.2. The van der Waals surface area contributed by atoms with Crippen molar-refractivity contribution < 1.29 is 30.7 Å². The molecule has 0 spiro atoms. The molecule has 0 amide bonds. The molecule has 0 aliphatic heterocycles. The molecule has 0 saturated carbocycles. The smallest absolute Gasteiger partial charge is 0.115 e. The third kappa shape index (κ3) is 32.7. The van der Waals surface area contributed by atoms with Crippen LogP contribution in [-0.4, -0.2) is 39.7 Å². The Bertz CT molecular complexity index is 1410. The lowest BCUT2D eigenvalue weighted by molar-refractivity contribution is -0.0267. The topological polar surface area (TPSA) is 0 Å². The highest BCUT2D eigenvalue weighted by Gasteiger charge is 2.46. The van der Waals surface area contributed by atoms with Gasteiger partial charge in [-0.1, -0.05) is 273 Å². The van der Waals surface area contributed by atoms with Crippen LogP contribution in [0.5, 0.6) is 0 Å². The molecule has 83 heavy (non-hydrogen) atoms. The van der Waals surface area contributed by atoms with Gasteiger partial charge in [0.25, 0.3) is 0 Å². The summed E-state index contributed by atoms with van der Waals surface area (Å²) in [6.45, 7) is 77.6. The van der Waals surface area contributed by atoms with E-state index in [1.165, 1.54) is 0 Å². The molecule has 0 aliphatic carbocycles. The largest absolute Gasteiger partial charge is 0.244 e. The molecule has 0 heterocycles. The van der Waals surface area contributed by atoms with Crippen molar-refractivity contribution in [1.29, 1.82) is 0 Å². The maximum absolute atomic E-state index is 14.4. The molecule has 0 aromatic carbocycles. The normalized spacial score (nSPS) is 16.3. The first-order valence-electron chi connectivity index (χ1n) is 35.0. The van der Waals surface area contributed by atoms with Gasteiger partial charge in [-0.3, -0.25) is 0 Å². The van der Waals surface area contributed by atoms with Gasteiger partial charge < -0.3 is 0 Å². The van der Waals surface area contributed by atoms with E-state index in [2.05, 4.69) is 138 Å². The van der Waals surface area contributed by atoms with Gasteiger partial charge in [-0.2, -0.15) is 0 Å². The van der Waals surface area contributed by atoms with Crippen molar-refractivity contribution in [2.24, 2.45) is 93.7 Å². The predicted molar refractivity (Wildman–Crippen MR) is 367 cm³/mol. The van der Waals surface area contributed by atoms with Crippen LogP contribution in [-0.2, 0) is 0 Å². The summed E-state index contributed by atoms with van der Waals surface area (Å²) in [6.07, 6.45) is 12.6. The summed E-state index contributed by atoms with van der Waals surface area (Å²) in [5.74, 6) is 3.31. The van der Waals surface area contributed by atoms with E-state index in [4.69, 9.17) is 0 Å². The summed E-state index contributed by atoms with van der Waals surface area (Å²) < 4.78 is 98.7. The minimum absolute atomic E-state index is 0.0994. The summed E-state index contributed by atoms with van der Waals surface area (Å²) in [6, 6.07) is 0. The van der Waals surface area contributed by atoms with Gasteiger partial charge in [0.05, 0.1) is 0 Å². The van der Waals surface area contributed by atoms with Gasteiger partial charge in [-0.25, -0.2) is 30.7 Å². The van der Waals surface area contributed by atoms with Gasteiger partial charge in [0.2, 0.25) is 0 Å². The first-order chi connectivity index (χ1) is 37.2. The molecular weight excluding hydrogens is 1050 g/mol. The Kier molecular flexibility index (Phi) is 51.0. The van der Waals surface area contributed by atoms with Crippen molar-refractivity contribution in [1.82, 2.24) is 0 Å². The Morgan fingerprint density at radius 1 is 0.265 bits per heavy atom. The highest BCUT2D eigenvalue weighted by molar-refractivity contribution is 4.95. The van der Waals surface area contributed by atoms with E-state index in [1.807, 2.05) is 83.1 Å². The maximum Gasteiger partial charge on any atom is 0.115 e. The molecule has 0 fully saturated rings. The molecule has 0 nitrogen and oxygen atoms in total. The van der Waals surface area contributed by atoms with E-state index in [1.54, 1.807) is 48.5 Å². The molecule has 0 radical (unpaired) electrons. The zero-order valence-electron chi connectivity index (χ0n) is 64.1. The summed E-state index contributed by atoms with van der Waals surface area (Å²) in [4.78, 5) is 0. The van der Waals surface area contributed by atoms with Crippen molar-refractivity contribution in [3.05, 3.63) is 0 Å². The third-order valence-corrected chi connectivity index (χ3v) is 22.2. The van der Waals surface area contributed by atoms with Crippen LogP contribution in [0, 0.1) is 93.7 Å². The van der Waals surface area contributed by atoms with E-state index in [9.17, 15) is 30.7 Å². The standard InChI is InChI=1S/3C12H25F.2C11H23F.C10H21F.C8H17F/c1-8(2)11(9(3)4)12(7,13)10(5)6;1-7-8-12(6,13)11(9(2)3)10(4)5;1-6-10(7-2)12(5,13)11(8-3)9-4;1-7-10(5,8-2)11(6,12)9(3)4;1-6-9-11(5,12)10(4,7-2)8-3;1-6-9(7-2)10(5,11)8(3)4;1-6(2)8(5,9)7(3)4/h8-11H,1-7H3;9-11H,7-8H2,1-6H3;10-11H,6-9H2,1-5H3;9H,7-8H2,1-6H3;6-9H2,1-5H3;8-9H,6-7H2,1-5H3;6-7H,1-5H3/t2*12-;;2*11-;10-;/m00.000./s1. The molecule has 0 aliphatic rings. The molecule has 0 saturated heterocycles. The highest BCUT2D eigenvalue weighted by Crippen LogP contribution is 2.46. The quantitative estimate of drug-likeness (QED) is 0.0629. The summed E-state index contributed by atoms with van der Waals surface area (Å²) in [5, 5.41) is 0. The van der Waals surface area contributed by atoms with Gasteiger partial charge in [0.15, 0.2) is 0 Å². The lowest BCUT2D eigenvalue weighted by Gasteiger charge is -2.42. The molecule has 0 rings (SSSR count).